The molecule has 1 N–H and O–H groups in total. The third kappa shape index (κ3) is 3.04. The number of hydrogen-bond donors (Lipinski definition) is 1. The van der Waals surface area contributed by atoms with E-state index < -0.39 is 0 Å². The van der Waals surface area contributed by atoms with Crippen molar-refractivity contribution >= 4 is 35.6 Å². The van der Waals surface area contributed by atoms with Crippen molar-refractivity contribution in [1.29, 1.82) is 5.26 Å². The van der Waals surface area contributed by atoms with Gasteiger partial charge in [-0.05, 0) is 24.7 Å². The van der Waals surface area contributed by atoms with Gasteiger partial charge in [-0.3, -0.25) is 0 Å². The molecule has 0 aliphatic carbocycles. The minimum atomic E-state index is -0.338. The molecule has 1 aromatic carbocycles. The van der Waals surface area contributed by atoms with Gasteiger partial charge >= 0.3 is 0 Å². The van der Waals surface area contributed by atoms with E-state index in [1.165, 1.54) is 0 Å². The molecule has 0 aliphatic rings. The lowest BCUT2D eigenvalue weighted by Crippen LogP contribution is -2.13. The number of benzene rings is 1. The molecule has 0 amide bonds. The average molecular weight is 252 g/mol. The smallest absolute Gasteiger partial charge is 0.121 e. The summed E-state index contributed by atoms with van der Waals surface area (Å²) in [6, 6.07) is 6.91. The third-order valence-corrected chi connectivity index (χ3v) is 2.43. The summed E-state index contributed by atoms with van der Waals surface area (Å²) in [7, 11) is 1.72. The maximum Gasteiger partial charge on any atom is 0.121 e. The van der Waals surface area contributed by atoms with E-state index in [-0.39, 0.29) is 18.4 Å². The van der Waals surface area contributed by atoms with E-state index in [4.69, 9.17) is 28.5 Å². The van der Waals surface area contributed by atoms with Gasteiger partial charge in [0, 0.05) is 0 Å². The molecule has 2 nitrogen and oxygen atoms in total. The number of hydrogen-bond acceptors (Lipinski definition) is 2. The maximum atomic E-state index is 8.75. The molecule has 5 heteroatoms. The Kier molecular flexibility index (Phi) is 5.90. The lowest BCUT2D eigenvalue weighted by Gasteiger charge is -2.08. The van der Waals surface area contributed by atoms with Gasteiger partial charge in [-0.25, -0.2) is 0 Å². The Bertz CT molecular complexity index is 346. The van der Waals surface area contributed by atoms with Crippen LogP contribution in [0.2, 0.25) is 10.0 Å². The average Bonchev–Trinajstić information content (AvgIpc) is 2.13. The molecular formula is C9H9Cl3N2. The van der Waals surface area contributed by atoms with Crippen molar-refractivity contribution in [3.8, 4) is 6.07 Å². The third-order valence-electron chi connectivity index (χ3n) is 1.69. The molecule has 0 saturated heterocycles. The fourth-order valence-corrected chi connectivity index (χ4v) is 1.30. The van der Waals surface area contributed by atoms with Crippen LogP contribution in [-0.2, 0) is 0 Å². The van der Waals surface area contributed by atoms with E-state index in [1.807, 2.05) is 0 Å². The molecule has 0 fully saturated rings. The van der Waals surface area contributed by atoms with E-state index in [9.17, 15) is 0 Å². The lowest BCUT2D eigenvalue weighted by molar-refractivity contribution is 0.727. The van der Waals surface area contributed by atoms with Gasteiger partial charge in [-0.2, -0.15) is 5.26 Å². The molecule has 0 radical (unpaired) electrons. The molecule has 14 heavy (non-hydrogen) atoms. The molecule has 0 aliphatic heterocycles. The number of halogens is 3. The molecule has 0 aromatic heterocycles. The Morgan fingerprint density at radius 3 is 2.43 bits per heavy atom. The van der Waals surface area contributed by atoms with Gasteiger partial charge in [0.2, 0.25) is 0 Å². The van der Waals surface area contributed by atoms with E-state index in [0.29, 0.717) is 10.0 Å². The predicted molar refractivity (Wildman–Crippen MR) is 61.1 cm³/mol. The lowest BCUT2D eigenvalue weighted by atomic mass is 10.1. The Balaban J connectivity index is 0.00000169. The molecule has 1 atom stereocenters. The molecular weight excluding hydrogens is 242 g/mol. The molecule has 0 bridgehead atoms. The first kappa shape index (κ1) is 13.5. The normalized spacial score (nSPS) is 11.3. The zero-order valence-electron chi connectivity index (χ0n) is 7.42. The highest BCUT2D eigenvalue weighted by atomic mass is 35.5. The van der Waals surface area contributed by atoms with Gasteiger partial charge in [0.05, 0.1) is 16.1 Å². The van der Waals surface area contributed by atoms with Crippen LogP contribution in [0.4, 0.5) is 0 Å². The highest BCUT2D eigenvalue weighted by molar-refractivity contribution is 6.42. The SMILES string of the molecule is CNC(C#N)c1ccc(Cl)c(Cl)c1.Cl. The van der Waals surface area contributed by atoms with Gasteiger partial charge in [-0.15, -0.1) is 12.4 Å². The Hall–Kier alpha value is -0.460. The zero-order valence-corrected chi connectivity index (χ0v) is 9.75. The Morgan fingerprint density at radius 2 is 2.00 bits per heavy atom. The van der Waals surface area contributed by atoms with Crippen LogP contribution in [0, 0.1) is 11.3 Å². The van der Waals surface area contributed by atoms with Crippen molar-refractivity contribution in [2.75, 3.05) is 7.05 Å². The summed E-state index contributed by atoms with van der Waals surface area (Å²) in [5, 5.41) is 12.6. The fraction of sp³-hybridized carbons (Fsp3) is 0.222. The minimum absolute atomic E-state index is 0. The Labute approximate surface area is 99.2 Å². The van der Waals surface area contributed by atoms with Crippen molar-refractivity contribution in [2.45, 2.75) is 6.04 Å². The van der Waals surface area contributed by atoms with Gasteiger partial charge in [0.1, 0.15) is 6.04 Å². The summed E-state index contributed by atoms with van der Waals surface area (Å²) in [6.45, 7) is 0. The topological polar surface area (TPSA) is 35.8 Å². The predicted octanol–water partition coefficient (Wildman–Crippen LogP) is 3.20. The van der Waals surface area contributed by atoms with E-state index in [0.717, 1.165) is 5.56 Å². The number of rotatable bonds is 2. The summed E-state index contributed by atoms with van der Waals surface area (Å²) < 4.78 is 0. The molecule has 0 saturated carbocycles. The zero-order chi connectivity index (χ0) is 9.84. The van der Waals surface area contributed by atoms with Crippen LogP contribution in [0.1, 0.15) is 11.6 Å². The standard InChI is InChI=1S/C9H8Cl2N2.ClH/c1-13-9(5-12)6-2-3-7(10)8(11)4-6;/h2-4,9,13H,1H3;1H. The second-order valence-electron chi connectivity index (χ2n) is 2.52. The van der Waals surface area contributed by atoms with Crippen molar-refractivity contribution < 1.29 is 0 Å². The van der Waals surface area contributed by atoms with Gasteiger partial charge in [0.15, 0.2) is 0 Å². The van der Waals surface area contributed by atoms with Crippen LogP contribution in [0.25, 0.3) is 0 Å². The first-order chi connectivity index (χ1) is 6.19. The van der Waals surface area contributed by atoms with Gasteiger partial charge in [-0.1, -0.05) is 29.3 Å². The fourth-order valence-electron chi connectivity index (χ4n) is 0.998. The van der Waals surface area contributed by atoms with Crippen LogP contribution in [0.3, 0.4) is 0 Å². The number of nitrogens with zero attached hydrogens (tertiary/aromatic N) is 1. The minimum Gasteiger partial charge on any atom is -0.301 e. The van der Waals surface area contributed by atoms with Crippen molar-refractivity contribution in [3.05, 3.63) is 33.8 Å². The number of nitriles is 1. The highest BCUT2D eigenvalue weighted by Crippen LogP contribution is 2.25. The Morgan fingerprint density at radius 1 is 1.36 bits per heavy atom. The first-order valence-electron chi connectivity index (χ1n) is 3.71. The van der Waals surface area contributed by atoms with Crippen LogP contribution in [0.15, 0.2) is 18.2 Å². The van der Waals surface area contributed by atoms with E-state index in [1.54, 1.807) is 25.2 Å². The molecule has 1 unspecified atom stereocenters. The second-order valence-corrected chi connectivity index (χ2v) is 3.34. The quantitative estimate of drug-likeness (QED) is 0.876. The van der Waals surface area contributed by atoms with Crippen LogP contribution >= 0.6 is 35.6 Å². The first-order valence-corrected chi connectivity index (χ1v) is 4.46. The summed E-state index contributed by atoms with van der Waals surface area (Å²) in [4.78, 5) is 0. The van der Waals surface area contributed by atoms with Crippen molar-refractivity contribution in [3.63, 3.8) is 0 Å². The molecule has 0 heterocycles. The monoisotopic (exact) mass is 250 g/mol. The summed E-state index contributed by atoms with van der Waals surface area (Å²) in [6.07, 6.45) is 0. The second kappa shape index (κ2) is 6.10. The molecule has 1 rings (SSSR count). The molecule has 0 spiro atoms. The summed E-state index contributed by atoms with van der Waals surface area (Å²) in [5.41, 5.74) is 0.819. The van der Waals surface area contributed by atoms with Crippen molar-refractivity contribution in [1.82, 2.24) is 5.32 Å². The molecule has 1 aromatic rings. The summed E-state index contributed by atoms with van der Waals surface area (Å²) >= 11 is 11.5. The van der Waals surface area contributed by atoms with Gasteiger partial charge in [0.25, 0.3) is 0 Å². The molecule has 76 valence electrons. The maximum absolute atomic E-state index is 8.75. The largest absolute Gasteiger partial charge is 0.301 e. The number of nitrogens with one attached hydrogen (secondary N) is 1. The van der Waals surface area contributed by atoms with Crippen LogP contribution in [-0.4, -0.2) is 7.05 Å². The van der Waals surface area contributed by atoms with Crippen LogP contribution < -0.4 is 5.32 Å². The van der Waals surface area contributed by atoms with Crippen LogP contribution in [0.5, 0.6) is 0 Å². The van der Waals surface area contributed by atoms with Gasteiger partial charge < -0.3 is 5.32 Å². The van der Waals surface area contributed by atoms with E-state index in [2.05, 4.69) is 11.4 Å². The highest BCUT2D eigenvalue weighted by Gasteiger charge is 2.08. The van der Waals surface area contributed by atoms with Crippen molar-refractivity contribution in [2.24, 2.45) is 0 Å². The summed E-state index contributed by atoms with van der Waals surface area (Å²) in [5.74, 6) is 0. The van der Waals surface area contributed by atoms with E-state index >= 15 is 0 Å².